The second-order valence-electron chi connectivity index (χ2n) is 5.57. The van der Waals surface area contributed by atoms with Crippen LogP contribution in [0.3, 0.4) is 0 Å². The molecule has 1 N–H and O–H groups in total. The Bertz CT molecular complexity index is 354. The van der Waals surface area contributed by atoms with Gasteiger partial charge in [0.05, 0.1) is 12.1 Å². The van der Waals surface area contributed by atoms with Crippen molar-refractivity contribution in [2.45, 2.75) is 56.7 Å². The summed E-state index contributed by atoms with van der Waals surface area (Å²) >= 11 is 0. The minimum absolute atomic E-state index is 0. The zero-order chi connectivity index (χ0) is 11.8. The van der Waals surface area contributed by atoms with Crippen LogP contribution in [-0.2, 0) is 4.79 Å². The van der Waals surface area contributed by atoms with Crippen molar-refractivity contribution in [1.29, 1.82) is 5.26 Å². The van der Waals surface area contributed by atoms with Crippen LogP contribution in [0.15, 0.2) is 0 Å². The van der Waals surface area contributed by atoms with Crippen molar-refractivity contribution in [2.24, 2.45) is 5.92 Å². The highest BCUT2D eigenvalue weighted by atomic mass is 35.5. The molecule has 0 aromatic carbocycles. The van der Waals surface area contributed by atoms with Crippen LogP contribution >= 0.6 is 12.4 Å². The summed E-state index contributed by atoms with van der Waals surface area (Å²) in [6, 6.07) is 2.58. The van der Waals surface area contributed by atoms with Gasteiger partial charge in [0, 0.05) is 12.6 Å². The number of halogens is 1. The van der Waals surface area contributed by atoms with E-state index in [4.69, 9.17) is 5.26 Å². The maximum Gasteiger partial charge on any atom is 0.240 e. The van der Waals surface area contributed by atoms with Crippen molar-refractivity contribution in [1.82, 2.24) is 10.2 Å². The molecule has 0 radical (unpaired) electrons. The van der Waals surface area contributed by atoms with Crippen molar-refractivity contribution in [3.05, 3.63) is 0 Å². The standard InChI is InChI=1S/C13H19N3O.ClH/c14-8-10-5-6-16(10)13(17)12-7-9-3-1-2-4-11(9)15-12;/h9-12,15H,1-7H2;1H. The molecule has 0 spiro atoms. The van der Waals surface area contributed by atoms with Crippen molar-refractivity contribution >= 4 is 18.3 Å². The minimum atomic E-state index is -0.160. The van der Waals surface area contributed by atoms with Crippen LogP contribution in [0.2, 0.25) is 0 Å². The smallest absolute Gasteiger partial charge is 0.240 e. The number of rotatable bonds is 1. The van der Waals surface area contributed by atoms with Crippen LogP contribution in [0.1, 0.15) is 38.5 Å². The van der Waals surface area contributed by atoms with Crippen LogP contribution in [0.4, 0.5) is 0 Å². The Hall–Kier alpha value is -0.790. The van der Waals surface area contributed by atoms with E-state index in [0.717, 1.165) is 19.4 Å². The van der Waals surface area contributed by atoms with Crippen LogP contribution in [0, 0.1) is 17.2 Å². The summed E-state index contributed by atoms with van der Waals surface area (Å²) in [5, 5.41) is 12.4. The van der Waals surface area contributed by atoms with E-state index in [9.17, 15) is 4.79 Å². The Morgan fingerprint density at radius 1 is 1.28 bits per heavy atom. The first kappa shape index (κ1) is 13.6. The van der Waals surface area contributed by atoms with Crippen LogP contribution in [0.5, 0.6) is 0 Å². The summed E-state index contributed by atoms with van der Waals surface area (Å²) < 4.78 is 0. The van der Waals surface area contributed by atoms with Gasteiger partial charge in [-0.05, 0) is 31.6 Å². The minimum Gasteiger partial charge on any atom is -0.325 e. The number of carbonyl (C=O) groups excluding carboxylic acids is 1. The Balaban J connectivity index is 0.00000120. The largest absolute Gasteiger partial charge is 0.325 e. The Kier molecular flexibility index (Phi) is 4.14. The number of nitrogens with zero attached hydrogens (tertiary/aromatic N) is 2. The van der Waals surface area contributed by atoms with E-state index in [1.165, 1.54) is 25.7 Å². The van der Waals surface area contributed by atoms with Gasteiger partial charge in [-0.15, -0.1) is 12.4 Å². The fourth-order valence-electron chi connectivity index (χ4n) is 3.50. The van der Waals surface area contributed by atoms with Gasteiger partial charge >= 0.3 is 0 Å². The van der Waals surface area contributed by atoms with Gasteiger partial charge < -0.3 is 10.2 Å². The number of fused-ring (bicyclic) bond motifs is 1. The van der Waals surface area contributed by atoms with Gasteiger partial charge in [-0.3, -0.25) is 4.79 Å². The Morgan fingerprint density at radius 2 is 2.06 bits per heavy atom. The first-order valence-corrected chi connectivity index (χ1v) is 6.76. The number of carbonyl (C=O) groups is 1. The molecule has 3 aliphatic rings. The molecule has 0 bridgehead atoms. The van der Waals surface area contributed by atoms with Gasteiger partial charge in [-0.25, -0.2) is 0 Å². The molecule has 3 rings (SSSR count). The van der Waals surface area contributed by atoms with Crippen molar-refractivity contribution in [2.75, 3.05) is 6.54 Å². The molecule has 2 aliphatic heterocycles. The third kappa shape index (κ3) is 2.22. The first-order valence-electron chi connectivity index (χ1n) is 6.76. The lowest BCUT2D eigenvalue weighted by Gasteiger charge is -2.38. The topological polar surface area (TPSA) is 56.1 Å². The lowest BCUT2D eigenvalue weighted by Crippen LogP contribution is -2.56. The Labute approximate surface area is 114 Å². The second-order valence-corrected chi connectivity index (χ2v) is 5.57. The van der Waals surface area contributed by atoms with E-state index in [0.29, 0.717) is 12.0 Å². The monoisotopic (exact) mass is 269 g/mol. The van der Waals surface area contributed by atoms with Crippen molar-refractivity contribution in [3.8, 4) is 6.07 Å². The second kappa shape index (κ2) is 5.46. The highest BCUT2D eigenvalue weighted by Gasteiger charge is 2.42. The third-order valence-corrected chi connectivity index (χ3v) is 4.61. The summed E-state index contributed by atoms with van der Waals surface area (Å²) in [5.74, 6) is 0.858. The van der Waals surface area contributed by atoms with E-state index in [-0.39, 0.29) is 30.4 Å². The summed E-state index contributed by atoms with van der Waals surface area (Å²) in [5.41, 5.74) is 0. The quantitative estimate of drug-likeness (QED) is 0.784. The third-order valence-electron chi connectivity index (χ3n) is 4.61. The van der Waals surface area contributed by atoms with Gasteiger partial charge in [0.1, 0.15) is 6.04 Å². The maximum atomic E-state index is 12.3. The maximum absolute atomic E-state index is 12.3. The lowest BCUT2D eigenvalue weighted by atomic mass is 9.85. The average molecular weight is 270 g/mol. The van der Waals surface area contributed by atoms with Crippen LogP contribution in [0.25, 0.3) is 0 Å². The molecule has 4 unspecified atom stereocenters. The molecule has 18 heavy (non-hydrogen) atoms. The molecule has 0 aromatic heterocycles. The Morgan fingerprint density at radius 3 is 2.67 bits per heavy atom. The molecule has 2 heterocycles. The van der Waals surface area contributed by atoms with Gasteiger partial charge in [-0.2, -0.15) is 5.26 Å². The summed E-state index contributed by atoms with van der Waals surface area (Å²) in [7, 11) is 0. The average Bonchev–Trinajstić information content (AvgIpc) is 2.71. The lowest BCUT2D eigenvalue weighted by molar-refractivity contribution is -0.138. The zero-order valence-electron chi connectivity index (χ0n) is 10.5. The van der Waals surface area contributed by atoms with Gasteiger partial charge in [0.15, 0.2) is 0 Å². The predicted octanol–water partition coefficient (Wildman–Crippen LogP) is 1.45. The fourth-order valence-corrected chi connectivity index (χ4v) is 3.50. The number of likely N-dealkylation sites (tertiary alicyclic amines) is 1. The van der Waals surface area contributed by atoms with Crippen LogP contribution in [-0.4, -0.2) is 35.5 Å². The van der Waals surface area contributed by atoms with Gasteiger partial charge in [0.25, 0.3) is 0 Å². The molecule has 0 aromatic rings. The number of hydrogen-bond donors (Lipinski definition) is 1. The molecule has 3 fully saturated rings. The van der Waals surface area contributed by atoms with Crippen molar-refractivity contribution in [3.63, 3.8) is 0 Å². The van der Waals surface area contributed by atoms with E-state index in [1.54, 1.807) is 4.90 Å². The molecule has 100 valence electrons. The normalized spacial score (nSPS) is 38.1. The van der Waals surface area contributed by atoms with E-state index >= 15 is 0 Å². The number of nitriles is 1. The van der Waals surface area contributed by atoms with E-state index < -0.39 is 0 Å². The SMILES string of the molecule is Cl.N#CC1CCN1C(=O)C1CC2CCCCC2N1. The number of amides is 1. The highest BCUT2D eigenvalue weighted by molar-refractivity contribution is 5.85. The first-order chi connectivity index (χ1) is 8.29. The number of nitrogens with one attached hydrogen (secondary N) is 1. The fraction of sp³-hybridized carbons (Fsp3) is 0.846. The van der Waals surface area contributed by atoms with E-state index in [2.05, 4.69) is 11.4 Å². The molecule has 1 aliphatic carbocycles. The van der Waals surface area contributed by atoms with Crippen LogP contribution < -0.4 is 5.32 Å². The summed E-state index contributed by atoms with van der Waals surface area (Å²) in [4.78, 5) is 14.0. The molecule has 5 heteroatoms. The molecule has 2 saturated heterocycles. The molecule has 4 atom stereocenters. The van der Waals surface area contributed by atoms with Gasteiger partial charge in [0.2, 0.25) is 5.91 Å². The number of hydrogen-bond acceptors (Lipinski definition) is 3. The molecule has 1 saturated carbocycles. The molecular formula is C13H20ClN3O. The van der Waals surface area contributed by atoms with E-state index in [1.807, 2.05) is 0 Å². The predicted molar refractivity (Wildman–Crippen MR) is 70.3 cm³/mol. The van der Waals surface area contributed by atoms with Crippen molar-refractivity contribution < 1.29 is 4.79 Å². The zero-order valence-corrected chi connectivity index (χ0v) is 11.3. The summed E-state index contributed by atoms with van der Waals surface area (Å²) in [6.45, 7) is 0.768. The van der Waals surface area contributed by atoms with Gasteiger partial charge in [-0.1, -0.05) is 12.8 Å². The molecule has 1 amide bonds. The summed E-state index contributed by atoms with van der Waals surface area (Å²) in [6.07, 6.45) is 6.92. The molecule has 4 nitrogen and oxygen atoms in total. The highest BCUT2D eigenvalue weighted by Crippen LogP contribution is 2.34. The molecular weight excluding hydrogens is 250 g/mol.